The highest BCUT2D eigenvalue weighted by Gasteiger charge is 2.29. The summed E-state index contributed by atoms with van der Waals surface area (Å²) in [5, 5.41) is 2.34. The molecule has 1 aliphatic carbocycles. The number of anilines is 1. The van der Waals surface area contributed by atoms with Gasteiger partial charge >= 0.3 is 0 Å². The molecule has 4 N–H and O–H groups in total. The van der Waals surface area contributed by atoms with Gasteiger partial charge in [0.25, 0.3) is 0 Å². The molecule has 1 fully saturated rings. The fourth-order valence-corrected chi connectivity index (χ4v) is 3.81. The van der Waals surface area contributed by atoms with Gasteiger partial charge in [-0.3, -0.25) is 9.59 Å². The molecule has 0 atom stereocenters. The van der Waals surface area contributed by atoms with Crippen molar-refractivity contribution in [1.82, 2.24) is 4.72 Å². The minimum Gasteiger partial charge on any atom is -0.366 e. The lowest BCUT2D eigenvalue weighted by Gasteiger charge is -2.28. The molecule has 0 spiro atoms. The third kappa shape index (κ3) is 5.27. The third-order valence-electron chi connectivity index (χ3n) is 4.46. The van der Waals surface area contributed by atoms with Crippen molar-refractivity contribution in [3.05, 3.63) is 29.8 Å². The van der Waals surface area contributed by atoms with Crippen molar-refractivity contribution in [1.29, 1.82) is 0 Å². The number of nitrogens with two attached hydrogens (primary N) is 1. The second kappa shape index (κ2) is 7.97. The maximum absolute atomic E-state index is 12.4. The molecule has 0 saturated heterocycles. The molecule has 1 aromatic rings. The molecule has 0 aliphatic heterocycles. The molecule has 2 rings (SSSR count). The summed E-state index contributed by atoms with van der Waals surface area (Å²) in [5.74, 6) is -0.835. The molecule has 25 heavy (non-hydrogen) atoms. The van der Waals surface area contributed by atoms with Crippen LogP contribution in [0.1, 0.15) is 49.9 Å². The Hall–Kier alpha value is -1.93. The first-order chi connectivity index (χ1) is 11.7. The third-order valence-corrected chi connectivity index (χ3v) is 6.37. The molecule has 2 amide bonds. The van der Waals surface area contributed by atoms with Crippen LogP contribution < -0.4 is 15.8 Å². The molecule has 0 heterocycles. The molecule has 7 nitrogen and oxygen atoms in total. The van der Waals surface area contributed by atoms with E-state index in [-0.39, 0.29) is 17.9 Å². The first-order valence-corrected chi connectivity index (χ1v) is 9.95. The summed E-state index contributed by atoms with van der Waals surface area (Å²) in [6.07, 6.45) is 2.50. The van der Waals surface area contributed by atoms with Crippen LogP contribution in [-0.2, 0) is 14.8 Å². The van der Waals surface area contributed by atoms with Gasteiger partial charge in [0.2, 0.25) is 21.8 Å². The zero-order valence-corrected chi connectivity index (χ0v) is 15.3. The van der Waals surface area contributed by atoms with Crippen LogP contribution >= 0.6 is 0 Å². The van der Waals surface area contributed by atoms with Crippen molar-refractivity contribution >= 4 is 27.5 Å². The highest BCUT2D eigenvalue weighted by molar-refractivity contribution is 7.90. The Kier molecular flexibility index (Phi) is 6.18. The van der Waals surface area contributed by atoms with Crippen LogP contribution in [0.4, 0.5) is 5.69 Å². The van der Waals surface area contributed by atoms with E-state index in [1.165, 1.54) is 0 Å². The quantitative estimate of drug-likeness (QED) is 0.708. The summed E-state index contributed by atoms with van der Waals surface area (Å²) in [4.78, 5) is 23.6. The Balaban J connectivity index is 1.89. The van der Waals surface area contributed by atoms with Crippen molar-refractivity contribution in [2.45, 2.75) is 50.8 Å². The van der Waals surface area contributed by atoms with E-state index in [1.807, 2.05) is 0 Å². The molecule has 138 valence electrons. The van der Waals surface area contributed by atoms with E-state index < -0.39 is 21.2 Å². The lowest BCUT2D eigenvalue weighted by molar-refractivity contribution is -0.120. The maximum atomic E-state index is 12.4. The van der Waals surface area contributed by atoms with E-state index in [4.69, 9.17) is 5.73 Å². The molecule has 0 bridgehead atoms. The highest BCUT2D eigenvalue weighted by Crippen LogP contribution is 2.26. The Morgan fingerprint density at radius 2 is 1.80 bits per heavy atom. The lowest BCUT2D eigenvalue weighted by atomic mass is 9.86. The van der Waals surface area contributed by atoms with Gasteiger partial charge in [-0.15, -0.1) is 0 Å². The van der Waals surface area contributed by atoms with Crippen LogP contribution in [0.25, 0.3) is 0 Å². The number of hydrogen-bond donors (Lipinski definition) is 3. The summed E-state index contributed by atoms with van der Waals surface area (Å²) < 4.78 is 26.5. The van der Waals surface area contributed by atoms with E-state index in [1.54, 1.807) is 38.1 Å². The number of amides is 2. The molecule has 1 saturated carbocycles. The minimum atomic E-state index is -3.29. The number of carbonyl (C=O) groups excluding carboxylic acids is 2. The predicted molar refractivity (Wildman–Crippen MR) is 96.5 cm³/mol. The summed E-state index contributed by atoms with van der Waals surface area (Å²) in [5.41, 5.74) is 6.10. The molecule has 0 unspecified atom stereocenters. The number of benzene rings is 1. The molecular weight excluding hydrogens is 342 g/mol. The summed E-state index contributed by atoms with van der Waals surface area (Å²) in [7, 11) is -3.29. The van der Waals surface area contributed by atoms with Crippen LogP contribution in [0.2, 0.25) is 0 Å². The molecular formula is C17H25N3O4S. The SMILES string of the molecule is CC(C)S(=O)(=O)N[C@H]1CC[C@H](C(=O)Nc2cccc(C(N)=O)c2)CC1. The first-order valence-electron chi connectivity index (χ1n) is 8.41. The van der Waals surface area contributed by atoms with E-state index >= 15 is 0 Å². The number of sulfonamides is 1. The lowest BCUT2D eigenvalue weighted by Crippen LogP contribution is -2.42. The van der Waals surface area contributed by atoms with Crippen LogP contribution in [0.5, 0.6) is 0 Å². The van der Waals surface area contributed by atoms with Crippen molar-refractivity contribution < 1.29 is 18.0 Å². The summed E-state index contributed by atoms with van der Waals surface area (Å²) in [6.45, 7) is 3.28. The minimum absolute atomic E-state index is 0.116. The topological polar surface area (TPSA) is 118 Å². The average molecular weight is 367 g/mol. The van der Waals surface area contributed by atoms with Crippen molar-refractivity contribution in [2.24, 2.45) is 11.7 Å². The van der Waals surface area contributed by atoms with Gasteiger partial charge in [0.05, 0.1) is 5.25 Å². The van der Waals surface area contributed by atoms with E-state index in [0.717, 1.165) is 0 Å². The van der Waals surface area contributed by atoms with Crippen LogP contribution in [-0.4, -0.2) is 31.5 Å². The highest BCUT2D eigenvalue weighted by atomic mass is 32.2. The summed E-state index contributed by atoms with van der Waals surface area (Å²) >= 11 is 0. The second-order valence-corrected chi connectivity index (χ2v) is 8.96. The van der Waals surface area contributed by atoms with Crippen LogP contribution in [0, 0.1) is 5.92 Å². The Bertz CT molecular complexity index is 738. The first kappa shape index (κ1) is 19.4. The fraction of sp³-hybridized carbons (Fsp3) is 0.529. The normalized spacial score (nSPS) is 21.1. The van der Waals surface area contributed by atoms with Crippen LogP contribution in [0.3, 0.4) is 0 Å². The molecule has 0 aromatic heterocycles. The molecule has 1 aliphatic rings. The van der Waals surface area contributed by atoms with Gasteiger partial charge in [0, 0.05) is 23.2 Å². The number of hydrogen-bond acceptors (Lipinski definition) is 4. The van der Waals surface area contributed by atoms with Gasteiger partial charge in [-0.1, -0.05) is 6.07 Å². The smallest absolute Gasteiger partial charge is 0.248 e. The fourth-order valence-electron chi connectivity index (χ4n) is 2.84. The average Bonchev–Trinajstić information content (AvgIpc) is 2.55. The van der Waals surface area contributed by atoms with Gasteiger partial charge < -0.3 is 11.1 Å². The largest absolute Gasteiger partial charge is 0.366 e. The van der Waals surface area contributed by atoms with Gasteiger partial charge in [0.1, 0.15) is 0 Å². The number of primary amides is 1. The van der Waals surface area contributed by atoms with E-state index in [2.05, 4.69) is 10.0 Å². The Morgan fingerprint density at radius 3 is 2.36 bits per heavy atom. The Morgan fingerprint density at radius 1 is 1.16 bits per heavy atom. The van der Waals surface area contributed by atoms with E-state index in [0.29, 0.717) is 36.9 Å². The van der Waals surface area contributed by atoms with Gasteiger partial charge in [-0.05, 0) is 57.7 Å². The van der Waals surface area contributed by atoms with Gasteiger partial charge in [0.15, 0.2) is 0 Å². The Labute approximate surface area is 148 Å². The number of nitrogens with one attached hydrogen (secondary N) is 2. The summed E-state index contributed by atoms with van der Waals surface area (Å²) in [6, 6.07) is 6.38. The zero-order valence-electron chi connectivity index (χ0n) is 14.5. The number of carbonyl (C=O) groups is 2. The van der Waals surface area contributed by atoms with Crippen molar-refractivity contribution in [2.75, 3.05) is 5.32 Å². The zero-order chi connectivity index (χ0) is 18.6. The van der Waals surface area contributed by atoms with E-state index in [9.17, 15) is 18.0 Å². The van der Waals surface area contributed by atoms with Crippen molar-refractivity contribution in [3.63, 3.8) is 0 Å². The molecule has 0 radical (unpaired) electrons. The van der Waals surface area contributed by atoms with Gasteiger partial charge in [-0.2, -0.15) is 0 Å². The predicted octanol–water partition coefficient (Wildman–Crippen LogP) is 1.61. The molecule has 8 heteroatoms. The molecule has 1 aromatic carbocycles. The second-order valence-electron chi connectivity index (χ2n) is 6.69. The number of rotatable bonds is 6. The van der Waals surface area contributed by atoms with Gasteiger partial charge in [-0.25, -0.2) is 13.1 Å². The van der Waals surface area contributed by atoms with Crippen molar-refractivity contribution in [3.8, 4) is 0 Å². The maximum Gasteiger partial charge on any atom is 0.248 e. The monoisotopic (exact) mass is 367 g/mol. The standard InChI is InChI=1S/C17H25N3O4S/c1-11(2)25(23,24)20-14-8-6-12(7-9-14)17(22)19-15-5-3-4-13(10-15)16(18)21/h3-5,10-12,14,20H,6-9H2,1-2H3,(H2,18,21)(H,19,22)/t12-,14-. The van der Waals surface area contributed by atoms with Crippen LogP contribution in [0.15, 0.2) is 24.3 Å².